The Balaban J connectivity index is 2.52. The highest BCUT2D eigenvalue weighted by molar-refractivity contribution is 6.33. The third-order valence-electron chi connectivity index (χ3n) is 2.53. The van der Waals surface area contributed by atoms with E-state index in [4.69, 9.17) is 11.6 Å². The molecule has 84 valence electrons. The maximum absolute atomic E-state index is 6.17. The van der Waals surface area contributed by atoms with Crippen molar-refractivity contribution in [1.29, 1.82) is 0 Å². The molecule has 0 aliphatic carbocycles. The molecule has 0 bridgehead atoms. The van der Waals surface area contributed by atoms with Gasteiger partial charge < -0.3 is 9.88 Å². The van der Waals surface area contributed by atoms with E-state index in [9.17, 15) is 0 Å². The van der Waals surface area contributed by atoms with Crippen LogP contribution in [0.2, 0.25) is 5.02 Å². The van der Waals surface area contributed by atoms with Gasteiger partial charge in [0.2, 0.25) is 0 Å². The van der Waals surface area contributed by atoms with Gasteiger partial charge in [-0.25, -0.2) is 4.98 Å². The van der Waals surface area contributed by atoms with Gasteiger partial charge in [-0.2, -0.15) is 0 Å². The van der Waals surface area contributed by atoms with E-state index >= 15 is 0 Å². The smallest absolute Gasteiger partial charge is 0.0953 e. The summed E-state index contributed by atoms with van der Waals surface area (Å²) in [6.45, 7) is 0.775. The average Bonchev–Trinajstić information content (AvgIpc) is 2.62. The Labute approximate surface area is 100 Å². The molecule has 0 amide bonds. The Morgan fingerprint density at radius 3 is 2.81 bits per heavy atom. The van der Waals surface area contributed by atoms with Gasteiger partial charge in [-0.05, 0) is 13.1 Å². The van der Waals surface area contributed by atoms with Gasteiger partial charge in [0.1, 0.15) is 0 Å². The van der Waals surface area contributed by atoms with E-state index in [1.807, 2.05) is 49.3 Å². The second-order valence-electron chi connectivity index (χ2n) is 3.66. The van der Waals surface area contributed by atoms with Gasteiger partial charge in [0.15, 0.2) is 0 Å². The zero-order chi connectivity index (χ0) is 11.5. The van der Waals surface area contributed by atoms with Crippen molar-refractivity contribution in [2.45, 2.75) is 6.54 Å². The molecule has 0 aliphatic heterocycles. The predicted molar refractivity (Wildman–Crippen MR) is 66.4 cm³/mol. The summed E-state index contributed by atoms with van der Waals surface area (Å²) in [7, 11) is 3.91. The minimum Gasteiger partial charge on any atom is -0.336 e. The summed E-state index contributed by atoms with van der Waals surface area (Å²) in [6, 6.07) is 7.77. The number of hydrogen-bond acceptors (Lipinski definition) is 2. The van der Waals surface area contributed by atoms with Gasteiger partial charge >= 0.3 is 0 Å². The summed E-state index contributed by atoms with van der Waals surface area (Å²) in [5.41, 5.74) is 3.06. The molecule has 3 nitrogen and oxygen atoms in total. The first-order valence-electron chi connectivity index (χ1n) is 5.13. The molecule has 2 rings (SSSR count). The Hall–Kier alpha value is -1.32. The molecule has 16 heavy (non-hydrogen) atoms. The number of aromatic nitrogens is 2. The van der Waals surface area contributed by atoms with Crippen molar-refractivity contribution in [2.75, 3.05) is 7.05 Å². The summed E-state index contributed by atoms with van der Waals surface area (Å²) in [6.07, 6.45) is 1.81. The molecule has 0 radical (unpaired) electrons. The van der Waals surface area contributed by atoms with E-state index in [0.29, 0.717) is 0 Å². The number of hydrogen-bond donors (Lipinski definition) is 1. The number of benzene rings is 1. The molecule has 0 unspecified atom stereocenters. The first kappa shape index (κ1) is 11.2. The standard InChI is InChI=1S/C12H14ClN3/c1-14-7-11-12(15-8-16(11)2)9-5-3-4-6-10(9)13/h3-6,8,14H,7H2,1-2H3. The second-order valence-corrected chi connectivity index (χ2v) is 4.07. The van der Waals surface area contributed by atoms with Crippen LogP contribution in [0.1, 0.15) is 5.69 Å². The maximum Gasteiger partial charge on any atom is 0.0953 e. The van der Waals surface area contributed by atoms with Crippen molar-refractivity contribution < 1.29 is 0 Å². The fourth-order valence-electron chi connectivity index (χ4n) is 1.71. The molecule has 2 aromatic rings. The Bertz CT molecular complexity index is 491. The average molecular weight is 236 g/mol. The fraction of sp³-hybridized carbons (Fsp3) is 0.250. The van der Waals surface area contributed by atoms with Crippen LogP contribution in [0.15, 0.2) is 30.6 Å². The van der Waals surface area contributed by atoms with Crippen LogP contribution >= 0.6 is 11.6 Å². The third-order valence-corrected chi connectivity index (χ3v) is 2.86. The van der Waals surface area contributed by atoms with E-state index in [-0.39, 0.29) is 0 Å². The van der Waals surface area contributed by atoms with Crippen LogP contribution < -0.4 is 5.32 Å². The number of nitrogens with one attached hydrogen (secondary N) is 1. The molecule has 0 fully saturated rings. The summed E-state index contributed by atoms with van der Waals surface area (Å²) in [4.78, 5) is 4.40. The normalized spacial score (nSPS) is 10.7. The lowest BCUT2D eigenvalue weighted by molar-refractivity contribution is 0.735. The zero-order valence-electron chi connectivity index (χ0n) is 9.37. The molecular weight excluding hydrogens is 222 g/mol. The zero-order valence-corrected chi connectivity index (χ0v) is 10.1. The maximum atomic E-state index is 6.17. The lowest BCUT2D eigenvalue weighted by atomic mass is 10.1. The van der Waals surface area contributed by atoms with Crippen LogP contribution in [0.3, 0.4) is 0 Å². The molecule has 1 aromatic carbocycles. The van der Waals surface area contributed by atoms with E-state index in [1.54, 1.807) is 0 Å². The molecule has 1 aromatic heterocycles. The first-order valence-corrected chi connectivity index (χ1v) is 5.51. The van der Waals surface area contributed by atoms with E-state index < -0.39 is 0 Å². The van der Waals surface area contributed by atoms with Crippen molar-refractivity contribution in [3.05, 3.63) is 41.3 Å². The van der Waals surface area contributed by atoms with Crippen LogP contribution in [-0.4, -0.2) is 16.6 Å². The first-order chi connectivity index (χ1) is 7.74. The third kappa shape index (κ3) is 1.96. The monoisotopic (exact) mass is 235 g/mol. The molecule has 0 saturated heterocycles. The van der Waals surface area contributed by atoms with Gasteiger partial charge in [0.25, 0.3) is 0 Å². The van der Waals surface area contributed by atoms with Crippen molar-refractivity contribution in [3.63, 3.8) is 0 Å². The molecule has 0 saturated carbocycles. The van der Waals surface area contributed by atoms with Crippen LogP contribution in [-0.2, 0) is 13.6 Å². The highest BCUT2D eigenvalue weighted by Gasteiger charge is 2.12. The quantitative estimate of drug-likeness (QED) is 0.886. The summed E-state index contributed by atoms with van der Waals surface area (Å²) < 4.78 is 2.01. The van der Waals surface area contributed by atoms with Gasteiger partial charge in [-0.1, -0.05) is 29.8 Å². The van der Waals surface area contributed by atoms with Gasteiger partial charge in [0.05, 0.1) is 22.7 Å². The van der Waals surface area contributed by atoms with E-state index in [2.05, 4.69) is 10.3 Å². The van der Waals surface area contributed by atoms with E-state index in [1.165, 1.54) is 0 Å². The lowest BCUT2D eigenvalue weighted by Gasteiger charge is -2.06. The highest BCUT2D eigenvalue weighted by atomic mass is 35.5. The molecule has 0 atom stereocenters. The van der Waals surface area contributed by atoms with Crippen molar-refractivity contribution in [1.82, 2.24) is 14.9 Å². The van der Waals surface area contributed by atoms with E-state index in [0.717, 1.165) is 28.5 Å². The van der Waals surface area contributed by atoms with Gasteiger partial charge in [-0.3, -0.25) is 0 Å². The minimum atomic E-state index is 0.735. The van der Waals surface area contributed by atoms with Crippen LogP contribution in [0.25, 0.3) is 11.3 Å². The number of imidazole rings is 1. The molecule has 1 heterocycles. The van der Waals surface area contributed by atoms with Crippen molar-refractivity contribution >= 4 is 11.6 Å². The highest BCUT2D eigenvalue weighted by Crippen LogP contribution is 2.28. The van der Waals surface area contributed by atoms with Gasteiger partial charge in [-0.15, -0.1) is 0 Å². The van der Waals surface area contributed by atoms with Gasteiger partial charge in [0, 0.05) is 19.2 Å². The Kier molecular flexibility index (Phi) is 3.27. The van der Waals surface area contributed by atoms with Crippen LogP contribution in [0, 0.1) is 0 Å². The summed E-state index contributed by atoms with van der Waals surface area (Å²) in [5, 5.41) is 3.87. The Morgan fingerprint density at radius 2 is 2.12 bits per heavy atom. The second kappa shape index (κ2) is 4.68. The summed E-state index contributed by atoms with van der Waals surface area (Å²) >= 11 is 6.17. The Morgan fingerprint density at radius 1 is 1.38 bits per heavy atom. The number of nitrogens with zero attached hydrogens (tertiary/aromatic N) is 2. The van der Waals surface area contributed by atoms with Crippen molar-refractivity contribution in [3.8, 4) is 11.3 Å². The molecule has 0 aliphatic rings. The molecular formula is C12H14ClN3. The number of aryl methyl sites for hydroxylation is 1. The molecule has 1 N–H and O–H groups in total. The number of halogens is 1. The largest absolute Gasteiger partial charge is 0.336 e. The topological polar surface area (TPSA) is 29.9 Å². The lowest BCUT2D eigenvalue weighted by Crippen LogP contribution is -2.09. The number of rotatable bonds is 3. The SMILES string of the molecule is CNCc1c(-c2ccccc2Cl)ncn1C. The molecule has 0 spiro atoms. The fourth-order valence-corrected chi connectivity index (χ4v) is 1.93. The predicted octanol–water partition coefficient (Wildman–Crippen LogP) is 2.46. The van der Waals surface area contributed by atoms with Crippen molar-refractivity contribution in [2.24, 2.45) is 7.05 Å². The van der Waals surface area contributed by atoms with Crippen LogP contribution in [0.4, 0.5) is 0 Å². The van der Waals surface area contributed by atoms with Crippen LogP contribution in [0.5, 0.6) is 0 Å². The molecule has 4 heteroatoms. The summed E-state index contributed by atoms with van der Waals surface area (Å²) in [5.74, 6) is 0. The minimum absolute atomic E-state index is 0.735.